The number of hydroxylamine groups is 1. The van der Waals surface area contributed by atoms with Gasteiger partial charge in [-0.3, -0.25) is 9.63 Å². The van der Waals surface area contributed by atoms with Gasteiger partial charge in [0.15, 0.2) is 0 Å². The zero-order chi connectivity index (χ0) is 12.5. The van der Waals surface area contributed by atoms with Crippen molar-refractivity contribution in [3.05, 3.63) is 17.0 Å². The number of thiophene rings is 1. The van der Waals surface area contributed by atoms with Gasteiger partial charge >= 0.3 is 5.97 Å². The van der Waals surface area contributed by atoms with Gasteiger partial charge in [-0.25, -0.2) is 8.42 Å². The standard InChI is InChI=1S/C9H11NO5S2/c11-8(12)6-7-2-3-9(16-7)17(13,14)10-4-1-5-15-10/h2-3H,1,4-6H2,(H,11,12). The van der Waals surface area contributed by atoms with Crippen LogP contribution in [0.4, 0.5) is 0 Å². The van der Waals surface area contributed by atoms with E-state index >= 15 is 0 Å². The van der Waals surface area contributed by atoms with Crippen molar-refractivity contribution in [1.29, 1.82) is 0 Å². The maximum Gasteiger partial charge on any atom is 0.308 e. The molecular weight excluding hydrogens is 266 g/mol. The van der Waals surface area contributed by atoms with E-state index in [0.29, 0.717) is 24.4 Å². The van der Waals surface area contributed by atoms with Gasteiger partial charge in [-0.05, 0) is 18.6 Å². The minimum atomic E-state index is -3.62. The fourth-order valence-corrected chi connectivity index (χ4v) is 4.20. The normalized spacial score (nSPS) is 17.4. The summed E-state index contributed by atoms with van der Waals surface area (Å²) in [6, 6.07) is 2.93. The zero-order valence-electron chi connectivity index (χ0n) is 8.83. The van der Waals surface area contributed by atoms with Crippen LogP contribution in [0.5, 0.6) is 0 Å². The first-order valence-corrected chi connectivity index (χ1v) is 7.22. The van der Waals surface area contributed by atoms with E-state index in [-0.39, 0.29) is 10.6 Å². The number of carboxylic acids is 1. The summed E-state index contributed by atoms with van der Waals surface area (Å²) >= 11 is 0.965. The first-order chi connectivity index (χ1) is 8.00. The average molecular weight is 277 g/mol. The van der Waals surface area contributed by atoms with Crippen molar-refractivity contribution >= 4 is 27.3 Å². The second-order valence-electron chi connectivity index (χ2n) is 3.51. The molecule has 1 aliphatic heterocycles. The number of hydrogen-bond acceptors (Lipinski definition) is 5. The molecule has 6 nitrogen and oxygen atoms in total. The van der Waals surface area contributed by atoms with Crippen LogP contribution in [0.25, 0.3) is 0 Å². The lowest BCUT2D eigenvalue weighted by Crippen LogP contribution is -2.25. The van der Waals surface area contributed by atoms with Crippen molar-refractivity contribution in [1.82, 2.24) is 4.47 Å². The summed E-state index contributed by atoms with van der Waals surface area (Å²) in [4.78, 5) is 16.0. The maximum atomic E-state index is 12.0. The highest BCUT2D eigenvalue weighted by molar-refractivity contribution is 7.91. The predicted octanol–water partition coefficient (Wildman–Crippen LogP) is 0.701. The third-order valence-corrected chi connectivity index (χ3v) is 5.44. The van der Waals surface area contributed by atoms with E-state index in [4.69, 9.17) is 9.94 Å². The van der Waals surface area contributed by atoms with Crippen LogP contribution >= 0.6 is 11.3 Å². The fraction of sp³-hybridized carbons (Fsp3) is 0.444. The first-order valence-electron chi connectivity index (χ1n) is 4.96. The quantitative estimate of drug-likeness (QED) is 0.876. The second kappa shape index (κ2) is 4.73. The van der Waals surface area contributed by atoms with Crippen LogP contribution in [0.15, 0.2) is 16.3 Å². The van der Waals surface area contributed by atoms with Gasteiger partial charge in [0.25, 0.3) is 10.0 Å². The summed E-state index contributed by atoms with van der Waals surface area (Å²) in [6.07, 6.45) is 0.508. The lowest BCUT2D eigenvalue weighted by Gasteiger charge is -2.12. The molecule has 1 aromatic rings. The van der Waals surface area contributed by atoms with E-state index in [1.165, 1.54) is 12.1 Å². The Labute approximate surface area is 102 Å². The van der Waals surface area contributed by atoms with Crippen molar-refractivity contribution in [3.63, 3.8) is 0 Å². The monoisotopic (exact) mass is 277 g/mol. The third kappa shape index (κ3) is 2.65. The number of hydrogen-bond donors (Lipinski definition) is 1. The Morgan fingerprint density at radius 3 is 2.88 bits per heavy atom. The number of nitrogens with zero attached hydrogens (tertiary/aromatic N) is 1. The molecule has 94 valence electrons. The summed E-state index contributed by atoms with van der Waals surface area (Å²) in [5.41, 5.74) is 0. The van der Waals surface area contributed by atoms with Gasteiger partial charge in [0.2, 0.25) is 0 Å². The molecule has 0 spiro atoms. The van der Waals surface area contributed by atoms with Crippen molar-refractivity contribution in [2.75, 3.05) is 13.2 Å². The molecule has 1 aromatic heterocycles. The minimum absolute atomic E-state index is 0.121. The highest BCUT2D eigenvalue weighted by Crippen LogP contribution is 2.27. The van der Waals surface area contributed by atoms with Gasteiger partial charge < -0.3 is 5.11 Å². The van der Waals surface area contributed by atoms with E-state index in [2.05, 4.69) is 0 Å². The molecule has 0 radical (unpaired) electrons. The van der Waals surface area contributed by atoms with Crippen LogP contribution in [-0.4, -0.2) is 37.1 Å². The lowest BCUT2D eigenvalue weighted by molar-refractivity contribution is -0.136. The Balaban J connectivity index is 2.21. The molecule has 0 saturated carbocycles. The summed E-state index contributed by atoms with van der Waals surface area (Å²) in [6.45, 7) is 0.737. The summed E-state index contributed by atoms with van der Waals surface area (Å²) in [5, 5.41) is 8.61. The maximum absolute atomic E-state index is 12.0. The molecule has 0 aliphatic carbocycles. The number of sulfonamides is 1. The third-order valence-electron chi connectivity index (χ3n) is 2.21. The summed E-state index contributed by atoms with van der Waals surface area (Å²) in [7, 11) is -3.62. The van der Waals surface area contributed by atoms with Crippen LogP contribution in [-0.2, 0) is 26.1 Å². The second-order valence-corrected chi connectivity index (χ2v) is 6.73. The van der Waals surface area contributed by atoms with Gasteiger partial charge in [0.05, 0.1) is 13.0 Å². The molecule has 0 amide bonds. The topological polar surface area (TPSA) is 83.9 Å². The van der Waals surface area contributed by atoms with E-state index < -0.39 is 16.0 Å². The average Bonchev–Trinajstić information content (AvgIpc) is 2.85. The molecule has 1 aliphatic rings. The Hall–Kier alpha value is -0.960. The number of rotatable bonds is 4. The van der Waals surface area contributed by atoms with Gasteiger partial charge in [-0.1, -0.05) is 4.47 Å². The molecule has 1 saturated heterocycles. The SMILES string of the molecule is O=C(O)Cc1ccc(S(=O)(=O)N2CCCO2)s1. The molecule has 1 fully saturated rings. The van der Waals surface area contributed by atoms with Gasteiger partial charge in [0, 0.05) is 11.4 Å². The molecule has 1 N–H and O–H groups in total. The predicted molar refractivity (Wildman–Crippen MR) is 60.1 cm³/mol. The molecular formula is C9H11NO5S2. The highest BCUT2D eigenvalue weighted by Gasteiger charge is 2.30. The fourth-order valence-electron chi connectivity index (χ4n) is 1.46. The van der Waals surface area contributed by atoms with Crippen molar-refractivity contribution in [3.8, 4) is 0 Å². The molecule has 2 heterocycles. The number of aliphatic carboxylic acids is 1. The van der Waals surface area contributed by atoms with Crippen molar-refractivity contribution < 1.29 is 23.2 Å². The molecule has 17 heavy (non-hydrogen) atoms. The molecule has 2 rings (SSSR count). The smallest absolute Gasteiger partial charge is 0.308 e. The van der Waals surface area contributed by atoms with Gasteiger partial charge in [-0.15, -0.1) is 11.3 Å². The van der Waals surface area contributed by atoms with E-state index in [9.17, 15) is 13.2 Å². The van der Waals surface area contributed by atoms with Crippen molar-refractivity contribution in [2.45, 2.75) is 17.1 Å². The molecule has 0 unspecified atom stereocenters. The van der Waals surface area contributed by atoms with Gasteiger partial charge in [0.1, 0.15) is 4.21 Å². The van der Waals surface area contributed by atoms with Crippen LogP contribution in [0, 0.1) is 0 Å². The molecule has 0 atom stereocenters. The van der Waals surface area contributed by atoms with E-state index in [0.717, 1.165) is 15.8 Å². The van der Waals surface area contributed by atoms with Crippen LogP contribution < -0.4 is 0 Å². The van der Waals surface area contributed by atoms with Gasteiger partial charge in [-0.2, -0.15) is 0 Å². The van der Waals surface area contributed by atoms with Crippen LogP contribution in [0.1, 0.15) is 11.3 Å². The zero-order valence-corrected chi connectivity index (χ0v) is 10.5. The Bertz CT molecular complexity index is 515. The number of carboxylic acid groups (broad SMARTS) is 1. The van der Waals surface area contributed by atoms with E-state index in [1.54, 1.807) is 0 Å². The summed E-state index contributed by atoms with van der Waals surface area (Å²) < 4.78 is 25.1. The van der Waals surface area contributed by atoms with E-state index in [1.807, 2.05) is 0 Å². The Kier molecular flexibility index (Phi) is 3.48. The first kappa shape index (κ1) is 12.5. The largest absolute Gasteiger partial charge is 0.481 e. The molecule has 0 aromatic carbocycles. The number of carbonyl (C=O) groups is 1. The van der Waals surface area contributed by atoms with Crippen molar-refractivity contribution in [2.24, 2.45) is 0 Å². The van der Waals surface area contributed by atoms with Crippen LogP contribution in [0.2, 0.25) is 0 Å². The molecule has 0 bridgehead atoms. The molecule has 8 heteroatoms. The van der Waals surface area contributed by atoms with Crippen LogP contribution in [0.3, 0.4) is 0 Å². The minimum Gasteiger partial charge on any atom is -0.481 e. The Morgan fingerprint density at radius 2 is 2.29 bits per heavy atom. The highest BCUT2D eigenvalue weighted by atomic mass is 32.2. The summed E-state index contributed by atoms with van der Waals surface area (Å²) in [5.74, 6) is -0.978. The Morgan fingerprint density at radius 1 is 1.53 bits per heavy atom. The lowest BCUT2D eigenvalue weighted by atomic mass is 10.3.